The van der Waals surface area contributed by atoms with E-state index in [1.54, 1.807) is 0 Å². The van der Waals surface area contributed by atoms with Crippen molar-refractivity contribution in [2.75, 3.05) is 19.8 Å². The summed E-state index contributed by atoms with van der Waals surface area (Å²) in [7, 11) is -1.91. The van der Waals surface area contributed by atoms with Gasteiger partial charge in [-0.15, -0.1) is 0 Å². The minimum absolute atomic E-state index is 0.148. The summed E-state index contributed by atoms with van der Waals surface area (Å²) in [5, 5.41) is 12.3. The molecule has 3 unspecified atom stereocenters. The monoisotopic (exact) mass is 531 g/mol. The van der Waals surface area contributed by atoms with Crippen molar-refractivity contribution >= 4 is 8.32 Å². The zero-order valence-corrected chi connectivity index (χ0v) is 24.8. The second kappa shape index (κ2) is 12.3. The van der Waals surface area contributed by atoms with E-state index in [1.807, 2.05) is 24.3 Å². The van der Waals surface area contributed by atoms with Crippen molar-refractivity contribution in [2.45, 2.75) is 76.0 Å². The van der Waals surface area contributed by atoms with Gasteiger partial charge in [0.1, 0.15) is 0 Å². The van der Waals surface area contributed by atoms with Crippen LogP contribution in [0.5, 0.6) is 0 Å². The van der Waals surface area contributed by atoms with Crippen LogP contribution in [0, 0.1) is 0 Å². The fourth-order valence-corrected chi connectivity index (χ4v) is 6.17. The molecule has 1 saturated heterocycles. The Hall–Kier alpha value is -2.28. The Bertz CT molecular complexity index is 1120. The van der Waals surface area contributed by atoms with Gasteiger partial charge in [0.25, 0.3) is 0 Å². The molecule has 3 atom stereocenters. The highest BCUT2D eigenvalue weighted by molar-refractivity contribution is 6.74. The van der Waals surface area contributed by atoms with Crippen molar-refractivity contribution in [1.82, 2.24) is 4.90 Å². The molecule has 0 aromatic heterocycles. The molecule has 4 nitrogen and oxygen atoms in total. The summed E-state index contributed by atoms with van der Waals surface area (Å²) in [5.41, 5.74) is 3.57. The smallest absolute Gasteiger partial charge is 0.192 e. The van der Waals surface area contributed by atoms with Crippen molar-refractivity contribution in [3.63, 3.8) is 0 Å². The third-order valence-electron chi connectivity index (χ3n) is 8.44. The largest absolute Gasteiger partial charge is 0.416 e. The highest BCUT2D eigenvalue weighted by Crippen LogP contribution is 2.42. The van der Waals surface area contributed by atoms with Gasteiger partial charge in [0, 0.05) is 32.0 Å². The van der Waals surface area contributed by atoms with Crippen molar-refractivity contribution in [2.24, 2.45) is 0 Å². The third kappa shape index (κ3) is 7.02. The molecule has 0 aliphatic carbocycles. The number of hydrogen-bond donors (Lipinski definition) is 1. The Morgan fingerprint density at radius 1 is 0.947 bits per heavy atom. The molecule has 1 heterocycles. The number of aliphatic hydroxyl groups is 1. The quantitative estimate of drug-likeness (QED) is 0.275. The predicted molar refractivity (Wildman–Crippen MR) is 159 cm³/mol. The first-order valence-electron chi connectivity index (χ1n) is 14.0. The van der Waals surface area contributed by atoms with Crippen LogP contribution in [0.3, 0.4) is 0 Å². The number of hydrogen-bond acceptors (Lipinski definition) is 4. The van der Waals surface area contributed by atoms with E-state index in [0.717, 1.165) is 25.1 Å². The average Bonchev–Trinajstić information content (AvgIpc) is 2.90. The topological polar surface area (TPSA) is 41.9 Å². The molecule has 204 valence electrons. The van der Waals surface area contributed by atoms with Crippen molar-refractivity contribution in [1.29, 1.82) is 0 Å². The summed E-state index contributed by atoms with van der Waals surface area (Å²) in [6, 6.07) is 31.2. The zero-order valence-electron chi connectivity index (χ0n) is 23.8. The fraction of sp³-hybridized carbons (Fsp3) is 0.455. The summed E-state index contributed by atoms with van der Waals surface area (Å²) in [6.45, 7) is 14.1. The Balaban J connectivity index is 1.58. The van der Waals surface area contributed by atoms with Crippen molar-refractivity contribution in [3.8, 4) is 0 Å². The van der Waals surface area contributed by atoms with Crippen LogP contribution in [-0.2, 0) is 15.7 Å². The van der Waals surface area contributed by atoms with Crippen LogP contribution < -0.4 is 0 Å². The standard InChI is InChI=1S/C33H45NO3Si/c1-32(2,3)38(4,5)37-26-30(28-17-11-7-12-18-28)21-22-33(35)31(29-19-13-8-14-20-29)34(23-24-36-33)25-27-15-9-6-10-16-27/h6-20,30-31,35H,21-26H2,1-5H3. The van der Waals surface area contributed by atoms with Crippen molar-refractivity contribution < 1.29 is 14.3 Å². The van der Waals surface area contributed by atoms with Gasteiger partial charge in [0.05, 0.1) is 12.6 Å². The van der Waals surface area contributed by atoms with Crippen LogP contribution in [-0.4, -0.2) is 43.9 Å². The number of rotatable bonds is 10. The van der Waals surface area contributed by atoms with Gasteiger partial charge in [0.2, 0.25) is 0 Å². The summed E-state index contributed by atoms with van der Waals surface area (Å²) in [4.78, 5) is 2.37. The first kappa shape index (κ1) is 28.7. The van der Waals surface area contributed by atoms with E-state index in [0.29, 0.717) is 19.6 Å². The lowest BCUT2D eigenvalue weighted by atomic mass is 9.86. The molecule has 3 aromatic rings. The van der Waals surface area contributed by atoms with Gasteiger partial charge in [0.15, 0.2) is 14.1 Å². The molecule has 0 radical (unpaired) electrons. The number of morpholine rings is 1. The van der Waals surface area contributed by atoms with Crippen LogP contribution in [0.25, 0.3) is 0 Å². The van der Waals surface area contributed by atoms with E-state index in [4.69, 9.17) is 9.16 Å². The van der Waals surface area contributed by atoms with Crippen LogP contribution >= 0.6 is 0 Å². The Kier molecular flexibility index (Phi) is 9.27. The van der Waals surface area contributed by atoms with Gasteiger partial charge in [-0.25, -0.2) is 0 Å². The first-order chi connectivity index (χ1) is 18.1. The van der Waals surface area contributed by atoms with Gasteiger partial charge in [-0.05, 0) is 41.2 Å². The van der Waals surface area contributed by atoms with Gasteiger partial charge in [-0.1, -0.05) is 112 Å². The van der Waals surface area contributed by atoms with E-state index in [9.17, 15) is 5.11 Å². The lowest BCUT2D eigenvalue weighted by molar-refractivity contribution is -0.277. The number of ether oxygens (including phenoxy) is 1. The fourth-order valence-electron chi connectivity index (χ4n) is 5.11. The SMILES string of the molecule is CC(C)(C)[Si](C)(C)OCC(CCC1(O)OCCN(Cc2ccccc2)C1c1ccccc1)c1ccccc1. The van der Waals surface area contributed by atoms with Crippen LogP contribution in [0.1, 0.15) is 62.3 Å². The van der Waals surface area contributed by atoms with Crippen LogP contribution in [0.15, 0.2) is 91.0 Å². The van der Waals surface area contributed by atoms with Gasteiger partial charge in [-0.2, -0.15) is 0 Å². The molecule has 0 saturated carbocycles. The van der Waals surface area contributed by atoms with Gasteiger partial charge in [-0.3, -0.25) is 4.90 Å². The molecule has 0 amide bonds. The molecule has 1 N–H and O–H groups in total. The van der Waals surface area contributed by atoms with Crippen LogP contribution in [0.4, 0.5) is 0 Å². The Morgan fingerprint density at radius 2 is 1.53 bits per heavy atom. The molecule has 5 heteroatoms. The molecule has 1 fully saturated rings. The summed E-state index contributed by atoms with van der Waals surface area (Å²) < 4.78 is 13.0. The predicted octanol–water partition coefficient (Wildman–Crippen LogP) is 7.53. The maximum Gasteiger partial charge on any atom is 0.192 e. The number of nitrogens with zero attached hydrogens (tertiary/aromatic N) is 1. The second-order valence-corrected chi connectivity index (χ2v) is 17.0. The maximum atomic E-state index is 12.2. The molecule has 0 bridgehead atoms. The van der Waals surface area contributed by atoms with E-state index in [2.05, 4.69) is 105 Å². The molecular weight excluding hydrogens is 486 g/mol. The minimum Gasteiger partial charge on any atom is -0.416 e. The molecular formula is C33H45NO3Si. The molecule has 38 heavy (non-hydrogen) atoms. The summed E-state index contributed by atoms with van der Waals surface area (Å²) in [5.74, 6) is -1.11. The molecule has 1 aliphatic rings. The average molecular weight is 532 g/mol. The van der Waals surface area contributed by atoms with E-state index >= 15 is 0 Å². The Morgan fingerprint density at radius 3 is 2.13 bits per heavy atom. The summed E-state index contributed by atoms with van der Waals surface area (Å²) in [6.07, 6.45) is 1.30. The molecule has 1 aliphatic heterocycles. The molecule has 4 rings (SSSR count). The second-order valence-electron chi connectivity index (χ2n) is 12.2. The maximum absolute atomic E-state index is 12.2. The zero-order chi connectivity index (χ0) is 27.2. The summed E-state index contributed by atoms with van der Waals surface area (Å²) >= 11 is 0. The third-order valence-corrected chi connectivity index (χ3v) is 12.9. The van der Waals surface area contributed by atoms with E-state index < -0.39 is 14.1 Å². The van der Waals surface area contributed by atoms with Gasteiger partial charge < -0.3 is 14.3 Å². The Labute approximate surface area is 230 Å². The van der Waals surface area contributed by atoms with Crippen molar-refractivity contribution in [3.05, 3.63) is 108 Å². The highest BCUT2D eigenvalue weighted by Gasteiger charge is 2.46. The normalized spacial score (nSPS) is 21.8. The van der Waals surface area contributed by atoms with Gasteiger partial charge >= 0.3 is 0 Å². The molecule has 3 aromatic carbocycles. The lowest BCUT2D eigenvalue weighted by Crippen LogP contribution is -2.54. The lowest BCUT2D eigenvalue weighted by Gasteiger charge is -2.47. The van der Waals surface area contributed by atoms with Crippen LogP contribution in [0.2, 0.25) is 18.1 Å². The van der Waals surface area contributed by atoms with E-state index in [-0.39, 0.29) is 17.0 Å². The first-order valence-corrected chi connectivity index (χ1v) is 16.9. The number of benzene rings is 3. The minimum atomic E-state index is -1.91. The molecule has 0 spiro atoms. The van der Waals surface area contributed by atoms with E-state index in [1.165, 1.54) is 11.1 Å². The highest BCUT2D eigenvalue weighted by atomic mass is 28.4.